The van der Waals surface area contributed by atoms with Crippen molar-refractivity contribution in [1.82, 2.24) is 0 Å². The second-order valence-electron chi connectivity index (χ2n) is 3.98. The fourth-order valence-corrected chi connectivity index (χ4v) is 1.96. The van der Waals surface area contributed by atoms with Gasteiger partial charge in [0.1, 0.15) is 23.7 Å². The minimum atomic E-state index is -1.14. The Balaban J connectivity index is 2.18. The number of hydrogen-bond acceptors (Lipinski definition) is 2. The fourth-order valence-electron chi connectivity index (χ4n) is 1.59. The lowest BCUT2D eigenvalue weighted by molar-refractivity contribution is 0.0691. The normalized spacial score (nSPS) is 10.3. The van der Waals surface area contributed by atoms with Crippen molar-refractivity contribution < 1.29 is 19.0 Å². The van der Waals surface area contributed by atoms with E-state index in [0.717, 1.165) is 0 Å². The summed E-state index contributed by atoms with van der Waals surface area (Å²) in [6.45, 7) is 0.0713. The Morgan fingerprint density at radius 3 is 2.60 bits per heavy atom. The molecule has 2 aromatic carbocycles. The first-order chi connectivity index (χ1) is 9.47. The van der Waals surface area contributed by atoms with E-state index >= 15 is 0 Å². The average Bonchev–Trinajstić information content (AvgIpc) is 2.41. The first-order valence-corrected chi connectivity index (χ1v) is 6.32. The molecule has 0 amide bonds. The molecule has 0 saturated carbocycles. The van der Waals surface area contributed by atoms with Crippen LogP contribution in [0, 0.1) is 5.82 Å². The van der Waals surface area contributed by atoms with Crippen LogP contribution in [-0.2, 0) is 6.61 Å². The van der Waals surface area contributed by atoms with E-state index in [2.05, 4.69) is 0 Å². The molecular formula is C14H9Cl2FO3. The maximum atomic E-state index is 13.0. The molecule has 0 aromatic heterocycles. The van der Waals surface area contributed by atoms with E-state index in [4.69, 9.17) is 33.0 Å². The van der Waals surface area contributed by atoms with Gasteiger partial charge < -0.3 is 9.84 Å². The summed E-state index contributed by atoms with van der Waals surface area (Å²) in [6.07, 6.45) is 0. The molecule has 2 aromatic rings. The van der Waals surface area contributed by atoms with E-state index in [1.807, 2.05) is 0 Å². The molecule has 0 atom stereocenters. The molecule has 1 N–H and O–H groups in total. The van der Waals surface area contributed by atoms with Gasteiger partial charge in [-0.05, 0) is 35.9 Å². The summed E-state index contributed by atoms with van der Waals surface area (Å²) in [5, 5.41) is 9.35. The van der Waals surface area contributed by atoms with Gasteiger partial charge in [-0.1, -0.05) is 29.3 Å². The van der Waals surface area contributed by atoms with Crippen molar-refractivity contribution in [3.8, 4) is 5.75 Å². The lowest BCUT2D eigenvalue weighted by Gasteiger charge is -2.10. The largest absolute Gasteiger partial charge is 0.488 e. The molecular weight excluding hydrogens is 306 g/mol. The van der Waals surface area contributed by atoms with Crippen molar-refractivity contribution in [3.05, 3.63) is 63.4 Å². The van der Waals surface area contributed by atoms with Gasteiger partial charge in [0.05, 0.1) is 5.02 Å². The number of carbonyl (C=O) groups is 1. The van der Waals surface area contributed by atoms with Crippen molar-refractivity contribution in [3.63, 3.8) is 0 Å². The summed E-state index contributed by atoms with van der Waals surface area (Å²) in [4.78, 5) is 11.1. The summed E-state index contributed by atoms with van der Waals surface area (Å²) in [6, 6.07) is 8.46. The standard InChI is InChI=1S/C14H9Cl2FO3/c15-9-2-4-13(10(6-9)14(18)19)20-7-8-1-3-12(17)11(16)5-8/h1-6H,7H2,(H,18,19). The third-order valence-electron chi connectivity index (χ3n) is 2.55. The van der Waals surface area contributed by atoms with Crippen LogP contribution in [0.3, 0.4) is 0 Å². The average molecular weight is 315 g/mol. The zero-order valence-electron chi connectivity index (χ0n) is 10.1. The zero-order valence-corrected chi connectivity index (χ0v) is 11.6. The van der Waals surface area contributed by atoms with Gasteiger partial charge in [-0.15, -0.1) is 0 Å². The van der Waals surface area contributed by atoms with Gasteiger partial charge in [0.15, 0.2) is 0 Å². The Labute approximate surface area is 124 Å². The van der Waals surface area contributed by atoms with Gasteiger partial charge in [0.25, 0.3) is 0 Å². The first-order valence-electron chi connectivity index (χ1n) is 5.57. The van der Waals surface area contributed by atoms with Crippen LogP contribution in [0.1, 0.15) is 15.9 Å². The maximum absolute atomic E-state index is 13.0. The van der Waals surface area contributed by atoms with E-state index in [9.17, 15) is 9.18 Å². The van der Waals surface area contributed by atoms with Crippen LogP contribution in [0.25, 0.3) is 0 Å². The van der Waals surface area contributed by atoms with Gasteiger partial charge in [-0.25, -0.2) is 9.18 Å². The van der Waals surface area contributed by atoms with Gasteiger partial charge in [-0.3, -0.25) is 0 Å². The molecule has 0 aliphatic rings. The van der Waals surface area contributed by atoms with Crippen LogP contribution in [0.2, 0.25) is 10.0 Å². The summed E-state index contributed by atoms with van der Waals surface area (Å²) >= 11 is 11.4. The smallest absolute Gasteiger partial charge is 0.339 e. The molecule has 6 heteroatoms. The topological polar surface area (TPSA) is 46.5 Å². The van der Waals surface area contributed by atoms with E-state index < -0.39 is 11.8 Å². The Morgan fingerprint density at radius 1 is 1.20 bits per heavy atom. The molecule has 0 radical (unpaired) electrons. The summed E-state index contributed by atoms with van der Waals surface area (Å²) in [5.74, 6) is -1.48. The highest BCUT2D eigenvalue weighted by Gasteiger charge is 2.12. The molecule has 3 nitrogen and oxygen atoms in total. The van der Waals surface area contributed by atoms with Gasteiger partial charge >= 0.3 is 5.97 Å². The highest BCUT2D eigenvalue weighted by atomic mass is 35.5. The summed E-state index contributed by atoms with van der Waals surface area (Å²) < 4.78 is 18.4. The summed E-state index contributed by atoms with van der Waals surface area (Å²) in [5.41, 5.74) is 0.591. The molecule has 0 fully saturated rings. The predicted octanol–water partition coefficient (Wildman–Crippen LogP) is 4.41. The van der Waals surface area contributed by atoms with E-state index in [1.54, 1.807) is 0 Å². The van der Waals surface area contributed by atoms with Gasteiger partial charge in [0.2, 0.25) is 0 Å². The molecule has 0 unspecified atom stereocenters. The summed E-state index contributed by atoms with van der Waals surface area (Å²) in [7, 11) is 0. The van der Waals surface area contributed by atoms with Gasteiger partial charge in [-0.2, -0.15) is 0 Å². The molecule has 0 heterocycles. The second kappa shape index (κ2) is 6.11. The van der Waals surface area contributed by atoms with Crippen LogP contribution in [0.5, 0.6) is 5.75 Å². The predicted molar refractivity (Wildman–Crippen MR) is 74.2 cm³/mol. The van der Waals surface area contributed by atoms with Crippen molar-refractivity contribution in [1.29, 1.82) is 0 Å². The molecule has 0 aliphatic heterocycles. The molecule has 2 rings (SSSR count). The Morgan fingerprint density at radius 2 is 1.95 bits per heavy atom. The van der Waals surface area contributed by atoms with Crippen LogP contribution >= 0.6 is 23.2 Å². The molecule has 20 heavy (non-hydrogen) atoms. The third kappa shape index (κ3) is 3.40. The number of hydrogen-bond donors (Lipinski definition) is 1. The molecule has 0 aliphatic carbocycles. The number of ether oxygens (including phenoxy) is 1. The molecule has 0 spiro atoms. The highest BCUT2D eigenvalue weighted by Crippen LogP contribution is 2.24. The van der Waals surface area contributed by atoms with E-state index in [1.165, 1.54) is 36.4 Å². The van der Waals surface area contributed by atoms with Crippen molar-refractivity contribution >= 4 is 29.2 Å². The monoisotopic (exact) mass is 314 g/mol. The van der Waals surface area contributed by atoms with E-state index in [0.29, 0.717) is 10.6 Å². The number of halogens is 3. The Hall–Kier alpha value is -1.78. The van der Waals surface area contributed by atoms with Crippen molar-refractivity contribution in [2.75, 3.05) is 0 Å². The van der Waals surface area contributed by atoms with Crippen molar-refractivity contribution in [2.45, 2.75) is 6.61 Å². The number of rotatable bonds is 4. The van der Waals surface area contributed by atoms with Crippen LogP contribution in [0.15, 0.2) is 36.4 Å². The number of benzene rings is 2. The first kappa shape index (κ1) is 14.6. The van der Waals surface area contributed by atoms with Crippen LogP contribution in [-0.4, -0.2) is 11.1 Å². The minimum absolute atomic E-state index is 0.0133. The van der Waals surface area contributed by atoms with E-state index in [-0.39, 0.29) is 22.9 Å². The highest BCUT2D eigenvalue weighted by molar-refractivity contribution is 6.31. The Kier molecular flexibility index (Phi) is 4.47. The maximum Gasteiger partial charge on any atom is 0.339 e. The van der Waals surface area contributed by atoms with Crippen LogP contribution < -0.4 is 4.74 Å². The van der Waals surface area contributed by atoms with Gasteiger partial charge in [0, 0.05) is 5.02 Å². The third-order valence-corrected chi connectivity index (χ3v) is 3.08. The molecule has 0 bridgehead atoms. The van der Waals surface area contributed by atoms with Crippen LogP contribution in [0.4, 0.5) is 4.39 Å². The number of carboxylic acid groups (broad SMARTS) is 1. The van der Waals surface area contributed by atoms with Crippen molar-refractivity contribution in [2.24, 2.45) is 0 Å². The number of aromatic carboxylic acids is 1. The second-order valence-corrected chi connectivity index (χ2v) is 4.83. The fraction of sp³-hybridized carbons (Fsp3) is 0.0714. The molecule has 0 saturated heterocycles. The SMILES string of the molecule is O=C(O)c1cc(Cl)ccc1OCc1ccc(F)c(Cl)c1. The zero-order chi connectivity index (χ0) is 14.7. The number of carboxylic acids is 1. The Bertz CT molecular complexity index is 659. The lowest BCUT2D eigenvalue weighted by atomic mass is 10.2. The minimum Gasteiger partial charge on any atom is -0.488 e. The lowest BCUT2D eigenvalue weighted by Crippen LogP contribution is -2.03. The molecule has 104 valence electrons. The quantitative estimate of drug-likeness (QED) is 0.909.